The van der Waals surface area contributed by atoms with E-state index >= 15 is 0 Å². The first-order chi connectivity index (χ1) is 7.19. The lowest BCUT2D eigenvalue weighted by Crippen LogP contribution is -2.43. The maximum absolute atomic E-state index is 11.2. The van der Waals surface area contributed by atoms with Gasteiger partial charge in [0.25, 0.3) is 0 Å². The second-order valence-electron chi connectivity index (χ2n) is 4.08. The number of esters is 1. The van der Waals surface area contributed by atoms with Crippen LogP contribution in [0.1, 0.15) is 26.7 Å². The van der Waals surface area contributed by atoms with Crippen LogP contribution in [0.3, 0.4) is 0 Å². The summed E-state index contributed by atoms with van der Waals surface area (Å²) in [5.41, 5.74) is 0. The van der Waals surface area contributed by atoms with Crippen LogP contribution in [-0.4, -0.2) is 49.7 Å². The fraction of sp³-hybridized carbons (Fsp3) is 0.909. The van der Waals surface area contributed by atoms with Crippen LogP contribution in [0.4, 0.5) is 0 Å². The van der Waals surface area contributed by atoms with Gasteiger partial charge in [0.05, 0.1) is 7.11 Å². The summed E-state index contributed by atoms with van der Waals surface area (Å²) in [6.07, 6.45) is 2.50. The number of ether oxygens (including phenoxy) is 1. The molecule has 1 aliphatic rings. The Labute approximate surface area is 92.0 Å². The van der Waals surface area contributed by atoms with E-state index in [0.717, 1.165) is 13.1 Å². The minimum atomic E-state index is -0.200. The molecule has 1 rings (SSSR count). The van der Waals surface area contributed by atoms with Gasteiger partial charge < -0.3 is 10.1 Å². The fourth-order valence-corrected chi connectivity index (χ4v) is 2.12. The van der Waals surface area contributed by atoms with Crippen molar-refractivity contribution in [1.82, 2.24) is 10.2 Å². The van der Waals surface area contributed by atoms with Crippen molar-refractivity contribution in [3.8, 4) is 0 Å². The van der Waals surface area contributed by atoms with Crippen molar-refractivity contribution in [2.75, 3.05) is 26.7 Å². The predicted octanol–water partition coefficient (Wildman–Crippen LogP) is 0.622. The van der Waals surface area contributed by atoms with Crippen molar-refractivity contribution in [3.63, 3.8) is 0 Å². The Hall–Kier alpha value is -0.610. The maximum Gasteiger partial charge on any atom is 0.322 e. The first-order valence-corrected chi connectivity index (χ1v) is 5.74. The standard InChI is InChI=1S/C11H22N2O2/c1-4-13-7-5-6-10(13)8-12-9(2)11(14)15-3/h9-10,12H,4-8H2,1-3H3. The second kappa shape index (κ2) is 6.08. The van der Waals surface area contributed by atoms with E-state index in [-0.39, 0.29) is 12.0 Å². The molecule has 0 spiro atoms. The third-order valence-electron chi connectivity index (χ3n) is 3.12. The summed E-state index contributed by atoms with van der Waals surface area (Å²) >= 11 is 0. The zero-order chi connectivity index (χ0) is 11.3. The second-order valence-corrected chi connectivity index (χ2v) is 4.08. The Kier molecular flexibility index (Phi) is 5.05. The van der Waals surface area contributed by atoms with Gasteiger partial charge in [-0.15, -0.1) is 0 Å². The highest BCUT2D eigenvalue weighted by Crippen LogP contribution is 2.15. The molecule has 0 saturated carbocycles. The van der Waals surface area contributed by atoms with Gasteiger partial charge in [-0.3, -0.25) is 9.69 Å². The number of nitrogens with zero attached hydrogens (tertiary/aromatic N) is 1. The van der Waals surface area contributed by atoms with Crippen LogP contribution in [0.2, 0.25) is 0 Å². The number of carbonyl (C=O) groups excluding carboxylic acids is 1. The van der Waals surface area contributed by atoms with Crippen LogP contribution in [0.25, 0.3) is 0 Å². The molecule has 0 aliphatic carbocycles. The Morgan fingerprint density at radius 3 is 3.00 bits per heavy atom. The highest BCUT2D eigenvalue weighted by atomic mass is 16.5. The summed E-state index contributed by atoms with van der Waals surface area (Å²) in [6, 6.07) is 0.386. The number of likely N-dealkylation sites (tertiary alicyclic amines) is 1. The van der Waals surface area contributed by atoms with Gasteiger partial charge in [-0.25, -0.2) is 0 Å². The van der Waals surface area contributed by atoms with Gasteiger partial charge in [0.2, 0.25) is 0 Å². The maximum atomic E-state index is 11.2. The van der Waals surface area contributed by atoms with Crippen molar-refractivity contribution in [2.24, 2.45) is 0 Å². The lowest BCUT2D eigenvalue weighted by atomic mass is 10.2. The van der Waals surface area contributed by atoms with Crippen molar-refractivity contribution in [2.45, 2.75) is 38.8 Å². The molecule has 0 aromatic carbocycles. The minimum Gasteiger partial charge on any atom is -0.468 e. The lowest BCUT2D eigenvalue weighted by molar-refractivity contribution is -0.142. The third kappa shape index (κ3) is 3.47. The van der Waals surface area contributed by atoms with E-state index < -0.39 is 0 Å². The van der Waals surface area contributed by atoms with E-state index in [1.165, 1.54) is 26.5 Å². The Morgan fingerprint density at radius 2 is 2.40 bits per heavy atom. The molecule has 15 heavy (non-hydrogen) atoms. The van der Waals surface area contributed by atoms with Gasteiger partial charge >= 0.3 is 5.97 Å². The summed E-state index contributed by atoms with van der Waals surface area (Å²) in [5.74, 6) is -0.184. The highest BCUT2D eigenvalue weighted by molar-refractivity contribution is 5.75. The number of rotatable bonds is 5. The van der Waals surface area contributed by atoms with Crippen LogP contribution >= 0.6 is 0 Å². The lowest BCUT2D eigenvalue weighted by Gasteiger charge is -2.24. The van der Waals surface area contributed by atoms with Crippen molar-refractivity contribution in [1.29, 1.82) is 0 Å². The predicted molar refractivity (Wildman–Crippen MR) is 59.7 cm³/mol. The summed E-state index contributed by atoms with van der Waals surface area (Å²) in [6.45, 7) is 7.19. The normalized spacial score (nSPS) is 24.1. The number of methoxy groups -OCH3 is 1. The van der Waals surface area contributed by atoms with Crippen LogP contribution in [-0.2, 0) is 9.53 Å². The average molecular weight is 214 g/mol. The molecule has 0 bridgehead atoms. The molecule has 1 saturated heterocycles. The van der Waals surface area contributed by atoms with Crippen LogP contribution in [0.5, 0.6) is 0 Å². The van der Waals surface area contributed by atoms with Crippen LogP contribution in [0.15, 0.2) is 0 Å². The largest absolute Gasteiger partial charge is 0.468 e. The number of likely N-dealkylation sites (N-methyl/N-ethyl adjacent to an activating group) is 1. The smallest absolute Gasteiger partial charge is 0.322 e. The molecule has 0 radical (unpaired) electrons. The molecule has 2 atom stereocenters. The Morgan fingerprint density at radius 1 is 1.67 bits per heavy atom. The zero-order valence-corrected chi connectivity index (χ0v) is 9.95. The molecule has 0 aromatic heterocycles. The highest BCUT2D eigenvalue weighted by Gasteiger charge is 2.24. The molecule has 2 unspecified atom stereocenters. The fourth-order valence-electron chi connectivity index (χ4n) is 2.12. The van der Waals surface area contributed by atoms with Gasteiger partial charge in [0, 0.05) is 12.6 Å². The molecule has 1 aliphatic heterocycles. The van der Waals surface area contributed by atoms with E-state index in [0.29, 0.717) is 6.04 Å². The Balaban J connectivity index is 2.27. The van der Waals surface area contributed by atoms with E-state index in [2.05, 4.69) is 21.9 Å². The third-order valence-corrected chi connectivity index (χ3v) is 3.12. The molecular formula is C11H22N2O2. The minimum absolute atomic E-state index is 0.184. The summed E-state index contributed by atoms with van der Waals surface area (Å²) < 4.78 is 4.67. The van der Waals surface area contributed by atoms with Crippen molar-refractivity contribution < 1.29 is 9.53 Å². The van der Waals surface area contributed by atoms with Gasteiger partial charge in [-0.05, 0) is 32.9 Å². The van der Waals surface area contributed by atoms with Crippen molar-refractivity contribution >= 4 is 5.97 Å². The number of nitrogens with one attached hydrogen (secondary N) is 1. The summed E-state index contributed by atoms with van der Waals surface area (Å²) in [4.78, 5) is 13.6. The van der Waals surface area contributed by atoms with Crippen LogP contribution in [0, 0.1) is 0 Å². The monoisotopic (exact) mass is 214 g/mol. The van der Waals surface area contributed by atoms with Gasteiger partial charge in [0.1, 0.15) is 6.04 Å². The van der Waals surface area contributed by atoms with Crippen molar-refractivity contribution in [3.05, 3.63) is 0 Å². The number of carbonyl (C=O) groups is 1. The van der Waals surface area contributed by atoms with Gasteiger partial charge in [0.15, 0.2) is 0 Å². The first kappa shape index (κ1) is 12.5. The Bertz CT molecular complexity index is 209. The quantitative estimate of drug-likeness (QED) is 0.681. The zero-order valence-electron chi connectivity index (χ0n) is 9.95. The molecule has 1 heterocycles. The van der Waals surface area contributed by atoms with E-state index in [1.807, 2.05) is 6.92 Å². The summed E-state index contributed by atoms with van der Waals surface area (Å²) in [7, 11) is 1.43. The molecule has 4 heteroatoms. The molecular weight excluding hydrogens is 192 g/mol. The molecule has 88 valence electrons. The first-order valence-electron chi connectivity index (χ1n) is 5.74. The number of hydrogen-bond donors (Lipinski definition) is 1. The topological polar surface area (TPSA) is 41.6 Å². The van der Waals surface area contributed by atoms with Gasteiger partial charge in [-0.2, -0.15) is 0 Å². The SMILES string of the molecule is CCN1CCCC1CNC(C)C(=O)OC. The van der Waals surface area contributed by atoms with E-state index in [9.17, 15) is 4.79 Å². The van der Waals surface area contributed by atoms with Gasteiger partial charge in [-0.1, -0.05) is 6.92 Å². The summed E-state index contributed by atoms with van der Waals surface area (Å²) in [5, 5.41) is 3.22. The van der Waals surface area contributed by atoms with E-state index in [1.54, 1.807) is 0 Å². The number of hydrogen-bond acceptors (Lipinski definition) is 4. The molecule has 4 nitrogen and oxygen atoms in total. The molecule has 0 aromatic rings. The molecule has 1 N–H and O–H groups in total. The van der Waals surface area contributed by atoms with Crippen LogP contribution < -0.4 is 5.32 Å². The molecule has 1 fully saturated rings. The average Bonchev–Trinajstić information content (AvgIpc) is 2.71. The molecule has 0 amide bonds. The van der Waals surface area contributed by atoms with E-state index in [4.69, 9.17) is 0 Å².